The topological polar surface area (TPSA) is 41.6 Å². The van der Waals surface area contributed by atoms with E-state index in [4.69, 9.17) is 4.74 Å². The molecule has 1 fully saturated rings. The van der Waals surface area contributed by atoms with Crippen molar-refractivity contribution < 1.29 is 9.53 Å². The highest BCUT2D eigenvalue weighted by atomic mass is 32.1. The third-order valence-electron chi connectivity index (χ3n) is 4.01. The summed E-state index contributed by atoms with van der Waals surface area (Å²) in [5, 5.41) is 7.64. The second kappa shape index (κ2) is 8.13. The van der Waals surface area contributed by atoms with Gasteiger partial charge in [0, 0.05) is 31.7 Å². The van der Waals surface area contributed by atoms with E-state index in [1.165, 1.54) is 5.56 Å². The molecular weight excluding hydrogens is 308 g/mol. The number of rotatable bonds is 7. The van der Waals surface area contributed by atoms with E-state index < -0.39 is 0 Å². The lowest BCUT2D eigenvalue weighted by molar-refractivity contribution is -0.132. The fourth-order valence-electron chi connectivity index (χ4n) is 2.72. The van der Waals surface area contributed by atoms with Crippen LogP contribution in [-0.4, -0.2) is 30.5 Å². The van der Waals surface area contributed by atoms with Crippen LogP contribution in [0.4, 0.5) is 0 Å². The van der Waals surface area contributed by atoms with E-state index in [1.54, 1.807) is 11.3 Å². The van der Waals surface area contributed by atoms with E-state index in [1.807, 2.05) is 29.2 Å². The average molecular weight is 330 g/mol. The summed E-state index contributed by atoms with van der Waals surface area (Å²) in [5.41, 5.74) is 2.37. The Labute approximate surface area is 141 Å². The van der Waals surface area contributed by atoms with E-state index in [9.17, 15) is 4.79 Å². The van der Waals surface area contributed by atoms with Gasteiger partial charge in [-0.15, -0.1) is 0 Å². The van der Waals surface area contributed by atoms with Crippen molar-refractivity contribution in [3.05, 3.63) is 52.2 Å². The molecule has 2 aromatic rings. The molecule has 3 rings (SSSR count). The van der Waals surface area contributed by atoms with Gasteiger partial charge in [0.05, 0.1) is 0 Å². The molecule has 0 atom stereocenters. The Morgan fingerprint density at radius 3 is 2.78 bits per heavy atom. The third kappa shape index (κ3) is 4.56. The number of thiophene rings is 1. The first-order chi connectivity index (χ1) is 11.3. The fourth-order valence-corrected chi connectivity index (χ4v) is 3.39. The molecule has 1 saturated heterocycles. The molecule has 122 valence electrons. The number of benzene rings is 1. The zero-order valence-corrected chi connectivity index (χ0v) is 14.0. The second-order valence-corrected chi connectivity index (χ2v) is 6.50. The van der Waals surface area contributed by atoms with Crippen LogP contribution >= 0.6 is 11.3 Å². The molecule has 4 nitrogen and oxygen atoms in total. The Kier molecular flexibility index (Phi) is 5.66. The molecule has 5 heteroatoms. The number of carbonyl (C=O) groups excluding carboxylic acids is 1. The summed E-state index contributed by atoms with van der Waals surface area (Å²) < 4.78 is 5.77. The monoisotopic (exact) mass is 330 g/mol. The van der Waals surface area contributed by atoms with Crippen molar-refractivity contribution in [1.29, 1.82) is 0 Å². The Morgan fingerprint density at radius 2 is 2.00 bits per heavy atom. The minimum atomic E-state index is 0.0866. The van der Waals surface area contributed by atoms with Crippen LogP contribution < -0.4 is 10.1 Å². The molecule has 0 radical (unpaired) electrons. The number of nitrogens with zero attached hydrogens (tertiary/aromatic N) is 1. The Balaban J connectivity index is 1.51. The van der Waals surface area contributed by atoms with Gasteiger partial charge in [-0.25, -0.2) is 0 Å². The predicted molar refractivity (Wildman–Crippen MR) is 92.6 cm³/mol. The molecule has 0 bridgehead atoms. The van der Waals surface area contributed by atoms with E-state index >= 15 is 0 Å². The Morgan fingerprint density at radius 1 is 1.17 bits per heavy atom. The lowest BCUT2D eigenvalue weighted by Gasteiger charge is -2.17. The van der Waals surface area contributed by atoms with Crippen LogP contribution in [-0.2, 0) is 17.9 Å². The molecule has 1 amide bonds. The quantitative estimate of drug-likeness (QED) is 0.848. The first-order valence-electron chi connectivity index (χ1n) is 8.03. The summed E-state index contributed by atoms with van der Waals surface area (Å²) in [7, 11) is 0. The van der Waals surface area contributed by atoms with Crippen molar-refractivity contribution in [3.63, 3.8) is 0 Å². The largest absolute Gasteiger partial charge is 0.483 e. The summed E-state index contributed by atoms with van der Waals surface area (Å²) in [6, 6.07) is 10.0. The first-order valence-corrected chi connectivity index (χ1v) is 8.97. The highest BCUT2D eigenvalue weighted by Crippen LogP contribution is 2.18. The van der Waals surface area contributed by atoms with E-state index in [2.05, 4.69) is 22.1 Å². The molecule has 0 saturated carbocycles. The van der Waals surface area contributed by atoms with Gasteiger partial charge in [-0.2, -0.15) is 11.3 Å². The predicted octanol–water partition coefficient (Wildman–Crippen LogP) is 3.04. The summed E-state index contributed by atoms with van der Waals surface area (Å²) in [6.45, 7) is 3.42. The smallest absolute Gasteiger partial charge is 0.260 e. The number of nitrogens with one attached hydrogen (secondary N) is 1. The van der Waals surface area contributed by atoms with Gasteiger partial charge in [-0.05, 0) is 41.3 Å². The van der Waals surface area contributed by atoms with E-state index in [0.29, 0.717) is 0 Å². The number of ether oxygens (including phenoxy) is 1. The van der Waals surface area contributed by atoms with Gasteiger partial charge in [-0.1, -0.05) is 18.2 Å². The van der Waals surface area contributed by atoms with Crippen LogP contribution in [0.5, 0.6) is 5.75 Å². The van der Waals surface area contributed by atoms with Crippen LogP contribution in [0.2, 0.25) is 0 Å². The zero-order valence-electron chi connectivity index (χ0n) is 13.2. The van der Waals surface area contributed by atoms with E-state index in [0.717, 1.165) is 50.3 Å². The minimum Gasteiger partial charge on any atom is -0.483 e. The third-order valence-corrected chi connectivity index (χ3v) is 4.74. The number of hydrogen-bond donors (Lipinski definition) is 1. The summed E-state index contributed by atoms with van der Waals surface area (Å²) in [4.78, 5) is 14.0. The van der Waals surface area contributed by atoms with Crippen LogP contribution in [0.3, 0.4) is 0 Å². The SMILES string of the molecule is O=C(COc1ccccc1CNCc1ccsc1)N1CCCC1. The zero-order chi connectivity index (χ0) is 15.9. The van der Waals surface area contributed by atoms with Crippen molar-refractivity contribution in [1.82, 2.24) is 10.2 Å². The van der Waals surface area contributed by atoms with Crippen molar-refractivity contribution in [2.24, 2.45) is 0 Å². The van der Waals surface area contributed by atoms with Crippen molar-refractivity contribution in [2.45, 2.75) is 25.9 Å². The highest BCUT2D eigenvalue weighted by Gasteiger charge is 2.18. The van der Waals surface area contributed by atoms with Crippen LogP contribution in [0, 0.1) is 0 Å². The summed E-state index contributed by atoms with van der Waals surface area (Å²) >= 11 is 1.71. The van der Waals surface area contributed by atoms with Gasteiger partial charge in [0.15, 0.2) is 6.61 Å². The molecule has 0 aliphatic carbocycles. The van der Waals surface area contributed by atoms with Gasteiger partial charge in [0.1, 0.15) is 5.75 Å². The molecule has 0 spiro atoms. The number of likely N-dealkylation sites (tertiary alicyclic amines) is 1. The Hall–Kier alpha value is -1.85. The number of hydrogen-bond acceptors (Lipinski definition) is 4. The lowest BCUT2D eigenvalue weighted by Crippen LogP contribution is -2.32. The van der Waals surface area contributed by atoms with Gasteiger partial charge in [0.2, 0.25) is 0 Å². The molecule has 1 aliphatic heterocycles. The van der Waals surface area contributed by atoms with Crippen LogP contribution in [0.25, 0.3) is 0 Å². The van der Waals surface area contributed by atoms with Crippen LogP contribution in [0.1, 0.15) is 24.0 Å². The number of carbonyl (C=O) groups is 1. The van der Waals surface area contributed by atoms with E-state index in [-0.39, 0.29) is 12.5 Å². The van der Waals surface area contributed by atoms with Crippen molar-refractivity contribution in [2.75, 3.05) is 19.7 Å². The highest BCUT2D eigenvalue weighted by molar-refractivity contribution is 7.07. The van der Waals surface area contributed by atoms with Crippen molar-refractivity contribution in [3.8, 4) is 5.75 Å². The second-order valence-electron chi connectivity index (χ2n) is 5.72. The fraction of sp³-hybridized carbons (Fsp3) is 0.389. The molecule has 23 heavy (non-hydrogen) atoms. The van der Waals surface area contributed by atoms with Gasteiger partial charge >= 0.3 is 0 Å². The molecular formula is C18H22N2O2S. The molecule has 1 aliphatic rings. The number of para-hydroxylation sites is 1. The normalized spacial score (nSPS) is 14.2. The maximum atomic E-state index is 12.1. The molecule has 1 aromatic carbocycles. The van der Waals surface area contributed by atoms with Crippen molar-refractivity contribution >= 4 is 17.2 Å². The summed E-state index contributed by atoms with van der Waals surface area (Å²) in [6.07, 6.45) is 2.21. The standard InChI is InChI=1S/C18H22N2O2S/c21-18(20-8-3-4-9-20)13-22-17-6-2-1-5-16(17)12-19-11-15-7-10-23-14-15/h1-2,5-7,10,14,19H,3-4,8-9,11-13H2. The minimum absolute atomic E-state index is 0.0866. The molecule has 1 N–H and O–H groups in total. The van der Waals surface area contributed by atoms with Gasteiger partial charge < -0.3 is 15.0 Å². The maximum Gasteiger partial charge on any atom is 0.260 e. The lowest BCUT2D eigenvalue weighted by atomic mass is 10.2. The van der Waals surface area contributed by atoms with Crippen LogP contribution in [0.15, 0.2) is 41.1 Å². The maximum absolute atomic E-state index is 12.1. The molecule has 2 heterocycles. The summed E-state index contributed by atoms with van der Waals surface area (Å²) in [5.74, 6) is 0.876. The molecule has 0 unspecified atom stereocenters. The van der Waals surface area contributed by atoms with Gasteiger partial charge in [0.25, 0.3) is 5.91 Å². The first kappa shape index (κ1) is 16.0. The average Bonchev–Trinajstić information content (AvgIpc) is 3.27. The number of amides is 1. The van der Waals surface area contributed by atoms with Gasteiger partial charge in [-0.3, -0.25) is 4.79 Å². The molecule has 1 aromatic heterocycles. The Bertz CT molecular complexity index is 622.